The van der Waals surface area contributed by atoms with Crippen LogP contribution in [0.5, 0.6) is 17.2 Å². The molecule has 0 atom stereocenters. The van der Waals surface area contributed by atoms with E-state index in [-0.39, 0.29) is 80.1 Å². The molecule has 0 heterocycles. The van der Waals surface area contributed by atoms with Crippen molar-refractivity contribution in [1.82, 2.24) is 0 Å². The van der Waals surface area contributed by atoms with Gasteiger partial charge in [-0.05, 0) is 53.3 Å². The number of benzene rings is 4. The third kappa shape index (κ3) is 7.59. The van der Waals surface area contributed by atoms with Gasteiger partial charge in [0.05, 0.1) is 16.9 Å². The van der Waals surface area contributed by atoms with Crippen LogP contribution in [0, 0.1) is 13.0 Å². The van der Waals surface area contributed by atoms with E-state index in [4.69, 9.17) is 9.47 Å². The molecule has 4 aromatic carbocycles. The van der Waals surface area contributed by atoms with Crippen LogP contribution in [0.4, 0.5) is 0 Å². The first-order valence-corrected chi connectivity index (χ1v) is 14.5. The number of rotatable bonds is 8. The molecular weight excluding hydrogens is 570 g/mol. The van der Waals surface area contributed by atoms with E-state index < -0.39 is 24.9 Å². The Hall–Kier alpha value is -1.66. The second-order valence-corrected chi connectivity index (χ2v) is 12.6. The Bertz CT molecular complexity index is 1670. The summed E-state index contributed by atoms with van der Waals surface area (Å²) in [5.74, 6) is 0.621. The first kappa shape index (κ1) is 34.5. The zero-order chi connectivity index (χ0) is 27.7. The molecule has 40 heavy (non-hydrogen) atoms. The third-order valence-electron chi connectivity index (χ3n) is 6.36. The predicted octanol–water partition coefficient (Wildman–Crippen LogP) is -0.333. The van der Waals surface area contributed by atoms with E-state index >= 15 is 0 Å². The van der Waals surface area contributed by atoms with E-state index in [1.165, 1.54) is 42.5 Å². The molecular formula is C29H26Na2O7S2. The quantitative estimate of drug-likeness (QED) is 0.156. The van der Waals surface area contributed by atoms with Crippen LogP contribution in [-0.2, 0) is 25.4 Å². The second kappa shape index (κ2) is 13.5. The number of ether oxygens (including phenoxy) is 2. The molecule has 0 aliphatic rings. The summed E-state index contributed by atoms with van der Waals surface area (Å²) < 4.78 is 71.5. The number of hydrogen-bond donors (Lipinski definition) is 0. The van der Waals surface area contributed by atoms with Gasteiger partial charge in [-0.1, -0.05) is 55.8 Å². The van der Waals surface area contributed by atoms with Crippen LogP contribution in [0.2, 0.25) is 0 Å². The van der Waals surface area contributed by atoms with Crippen LogP contribution in [0.1, 0.15) is 30.5 Å². The van der Waals surface area contributed by atoms with Crippen LogP contribution in [0.3, 0.4) is 0 Å². The van der Waals surface area contributed by atoms with Crippen molar-refractivity contribution in [2.45, 2.75) is 40.9 Å². The number of hydrogen-bond acceptors (Lipinski definition) is 7. The summed E-state index contributed by atoms with van der Waals surface area (Å²) in [6.45, 7) is 6.36. The van der Waals surface area contributed by atoms with Crippen LogP contribution >= 0.6 is 0 Å². The van der Waals surface area contributed by atoms with Crippen molar-refractivity contribution in [3.05, 3.63) is 108 Å². The molecule has 0 saturated carbocycles. The molecule has 0 saturated heterocycles. The van der Waals surface area contributed by atoms with Crippen LogP contribution < -0.4 is 68.6 Å². The maximum absolute atomic E-state index is 13.1. The Morgan fingerprint density at radius 1 is 0.775 bits per heavy atom. The van der Waals surface area contributed by atoms with Gasteiger partial charge in [0, 0.05) is 11.2 Å². The maximum Gasteiger partial charge on any atom is 1.00 e. The molecule has 4 aromatic rings. The third-order valence-corrected chi connectivity index (χ3v) is 8.96. The minimum Gasteiger partial charge on any atom is -0.744 e. The Kier molecular flexibility index (Phi) is 11.7. The van der Waals surface area contributed by atoms with Crippen molar-refractivity contribution in [3.8, 4) is 17.2 Å². The maximum atomic E-state index is 13.1. The molecule has 0 aliphatic carbocycles. The topological polar surface area (TPSA) is 110 Å². The van der Waals surface area contributed by atoms with Gasteiger partial charge in [0.2, 0.25) is 0 Å². The fourth-order valence-corrected chi connectivity index (χ4v) is 5.98. The van der Waals surface area contributed by atoms with Crippen LogP contribution in [0.25, 0.3) is 0 Å². The molecule has 0 bridgehead atoms. The summed E-state index contributed by atoms with van der Waals surface area (Å²) in [5, 5.41) is 0. The van der Waals surface area contributed by atoms with Crippen molar-refractivity contribution < 1.29 is 90.0 Å². The van der Waals surface area contributed by atoms with Crippen molar-refractivity contribution in [2.24, 2.45) is 0 Å². The summed E-state index contributed by atoms with van der Waals surface area (Å²) in [7, 11) is -7.90. The standard InChI is InChI=1S/C29H27O7S2.2Na/c1-20-5-7-21(8-6-20)29(2,3)22-9-11-23(12-10-22)36-24-13-15-25(16-14-24)37(30,31)26-17-18-27(35-4)28(19-26)38(32,33)34;;/h5-13,15-19H,1-4H3,(H,32,33,34);;/q-1;2*+1/p-1. The van der Waals surface area contributed by atoms with Gasteiger partial charge >= 0.3 is 59.1 Å². The van der Waals surface area contributed by atoms with E-state index in [9.17, 15) is 21.4 Å². The molecule has 11 heteroatoms. The Balaban J connectivity index is 0.00000280. The SMILES string of the molecule is COc1ccc(S(=O)(=O)c2c[c-]c(Oc3ccc(C(C)(C)c4ccc(C)cc4)cc3)cc2)cc1S(=O)(=O)[O-].[Na+].[Na+]. The number of aryl methyl sites for hydroxylation is 1. The van der Waals surface area contributed by atoms with Gasteiger partial charge in [0.15, 0.2) is 9.84 Å². The molecule has 198 valence electrons. The Morgan fingerprint density at radius 2 is 1.32 bits per heavy atom. The van der Waals surface area contributed by atoms with E-state index in [2.05, 4.69) is 51.1 Å². The number of sulfone groups is 1. The summed E-state index contributed by atoms with van der Waals surface area (Å²) >= 11 is 0. The van der Waals surface area contributed by atoms with Crippen molar-refractivity contribution >= 4 is 20.0 Å². The Labute approximate surface area is 280 Å². The van der Waals surface area contributed by atoms with Crippen molar-refractivity contribution in [1.29, 1.82) is 0 Å². The van der Waals surface area contributed by atoms with Gasteiger partial charge in [-0.2, -0.15) is 12.1 Å². The zero-order valence-electron chi connectivity index (χ0n) is 23.3. The van der Waals surface area contributed by atoms with Gasteiger partial charge in [-0.25, -0.2) is 16.8 Å². The first-order chi connectivity index (χ1) is 17.8. The zero-order valence-corrected chi connectivity index (χ0v) is 28.9. The molecule has 0 aromatic heterocycles. The molecule has 4 rings (SSSR count). The van der Waals surface area contributed by atoms with Crippen LogP contribution in [-0.4, -0.2) is 28.5 Å². The van der Waals surface area contributed by atoms with E-state index in [0.717, 1.165) is 17.7 Å². The summed E-state index contributed by atoms with van der Waals surface area (Å²) in [4.78, 5) is -1.25. The molecule has 0 N–H and O–H groups in total. The van der Waals surface area contributed by atoms with E-state index in [1.807, 2.05) is 24.3 Å². The molecule has 7 nitrogen and oxygen atoms in total. The minimum absolute atomic E-state index is 0. The smallest absolute Gasteiger partial charge is 0.744 e. The molecule has 0 spiro atoms. The molecule has 0 amide bonds. The second-order valence-electron chi connectivity index (χ2n) is 9.28. The van der Waals surface area contributed by atoms with Gasteiger partial charge in [-0.15, -0.1) is 12.1 Å². The normalized spacial score (nSPS) is 11.6. The monoisotopic (exact) mass is 596 g/mol. The van der Waals surface area contributed by atoms with Crippen molar-refractivity contribution in [3.63, 3.8) is 0 Å². The largest absolute Gasteiger partial charge is 1.00 e. The average molecular weight is 597 g/mol. The van der Waals surface area contributed by atoms with Gasteiger partial charge in [-0.3, -0.25) is 0 Å². The minimum atomic E-state index is -4.95. The summed E-state index contributed by atoms with van der Waals surface area (Å²) in [6.07, 6.45) is 0. The van der Waals surface area contributed by atoms with Crippen molar-refractivity contribution in [2.75, 3.05) is 7.11 Å². The van der Waals surface area contributed by atoms with Gasteiger partial charge in [0.1, 0.15) is 21.6 Å². The molecule has 0 aliphatic heterocycles. The fourth-order valence-electron chi connectivity index (χ4n) is 3.99. The summed E-state index contributed by atoms with van der Waals surface area (Å²) in [6, 6.07) is 26.0. The van der Waals surface area contributed by atoms with E-state index in [0.29, 0.717) is 11.5 Å². The van der Waals surface area contributed by atoms with E-state index in [1.54, 1.807) is 0 Å². The molecule has 0 unspecified atom stereocenters. The number of methoxy groups -OCH3 is 1. The predicted molar refractivity (Wildman–Crippen MR) is 142 cm³/mol. The molecule has 0 radical (unpaired) electrons. The van der Waals surface area contributed by atoms with Gasteiger partial charge < -0.3 is 14.0 Å². The summed E-state index contributed by atoms with van der Waals surface area (Å²) in [5.41, 5.74) is 3.30. The van der Waals surface area contributed by atoms with Gasteiger partial charge in [0.25, 0.3) is 0 Å². The first-order valence-electron chi connectivity index (χ1n) is 11.6. The Morgan fingerprint density at radius 3 is 1.82 bits per heavy atom. The average Bonchev–Trinajstić information content (AvgIpc) is 2.88. The van der Waals surface area contributed by atoms with Crippen LogP contribution in [0.15, 0.2) is 99.6 Å². The fraction of sp³-hybridized carbons (Fsp3) is 0.172. The molecule has 0 fully saturated rings.